The van der Waals surface area contributed by atoms with Gasteiger partial charge in [0.1, 0.15) is 0 Å². The first kappa shape index (κ1) is 9.33. The molecule has 0 saturated carbocycles. The maximum Gasteiger partial charge on any atom is 0.0734 e. The second-order valence-corrected chi connectivity index (χ2v) is 3.44. The summed E-state index contributed by atoms with van der Waals surface area (Å²) in [6.07, 6.45) is 5.35. The van der Waals surface area contributed by atoms with E-state index in [9.17, 15) is 0 Å². The van der Waals surface area contributed by atoms with E-state index in [4.69, 9.17) is 0 Å². The van der Waals surface area contributed by atoms with Crippen molar-refractivity contribution >= 4 is 15.9 Å². The number of nitrogens with zero attached hydrogens (tertiary/aromatic N) is 4. The number of hydrogen-bond acceptors (Lipinski definition) is 3. The molecule has 0 fully saturated rings. The topological polar surface area (TPSA) is 43.6 Å². The van der Waals surface area contributed by atoms with Crippen LogP contribution in [0, 0.1) is 0 Å². The zero-order chi connectivity index (χ0) is 9.80. The maximum atomic E-state index is 4.05. The van der Waals surface area contributed by atoms with E-state index in [1.165, 1.54) is 0 Å². The third-order valence-corrected chi connectivity index (χ3v) is 2.46. The Labute approximate surface area is 90.1 Å². The molecule has 14 heavy (non-hydrogen) atoms. The molecule has 0 aliphatic heterocycles. The summed E-state index contributed by atoms with van der Waals surface area (Å²) < 4.78 is 1.85. The van der Waals surface area contributed by atoms with E-state index in [1.54, 1.807) is 12.4 Å². The van der Waals surface area contributed by atoms with Crippen molar-refractivity contribution in [1.29, 1.82) is 0 Å². The predicted molar refractivity (Wildman–Crippen MR) is 56.0 cm³/mol. The largest absolute Gasteiger partial charge is 0.264 e. The fourth-order valence-corrected chi connectivity index (χ4v) is 1.61. The number of rotatable bonds is 3. The number of halogens is 1. The molecule has 4 nitrogen and oxygen atoms in total. The normalized spacial score (nSPS) is 10.4. The van der Waals surface area contributed by atoms with Gasteiger partial charge >= 0.3 is 0 Å². The van der Waals surface area contributed by atoms with Gasteiger partial charge in [-0.2, -0.15) is 0 Å². The smallest absolute Gasteiger partial charge is 0.0734 e. The number of pyridine rings is 1. The minimum Gasteiger partial charge on any atom is -0.264 e. The van der Waals surface area contributed by atoms with Crippen molar-refractivity contribution in [2.75, 3.05) is 0 Å². The molecule has 0 spiro atoms. The van der Waals surface area contributed by atoms with Gasteiger partial charge in [0.25, 0.3) is 0 Å². The summed E-state index contributed by atoms with van der Waals surface area (Å²) in [7, 11) is 0. The van der Waals surface area contributed by atoms with Crippen LogP contribution in [0.25, 0.3) is 0 Å². The van der Waals surface area contributed by atoms with Gasteiger partial charge in [-0.1, -0.05) is 27.2 Å². The molecule has 0 aliphatic carbocycles. The van der Waals surface area contributed by atoms with Crippen molar-refractivity contribution in [2.24, 2.45) is 0 Å². The Balaban J connectivity index is 2.19. The summed E-state index contributed by atoms with van der Waals surface area (Å²) in [5.74, 6) is 0. The highest BCUT2D eigenvalue weighted by Gasteiger charge is 2.02. The second-order valence-electron chi connectivity index (χ2n) is 2.88. The molecule has 0 saturated heterocycles. The molecule has 0 radical (unpaired) electrons. The van der Waals surface area contributed by atoms with E-state index in [0.29, 0.717) is 0 Å². The highest BCUT2D eigenvalue weighted by molar-refractivity contribution is 9.08. The summed E-state index contributed by atoms with van der Waals surface area (Å²) >= 11 is 3.38. The zero-order valence-electron chi connectivity index (χ0n) is 7.47. The van der Waals surface area contributed by atoms with E-state index in [0.717, 1.165) is 23.1 Å². The Kier molecular flexibility index (Phi) is 2.88. The molecular formula is C9H9BrN4. The highest BCUT2D eigenvalue weighted by atomic mass is 79.9. The first-order chi connectivity index (χ1) is 6.90. The van der Waals surface area contributed by atoms with Crippen LogP contribution >= 0.6 is 15.9 Å². The summed E-state index contributed by atoms with van der Waals surface area (Å²) in [4.78, 5) is 4.05. The molecule has 2 aromatic rings. The van der Waals surface area contributed by atoms with E-state index < -0.39 is 0 Å². The van der Waals surface area contributed by atoms with Crippen LogP contribution in [0.4, 0.5) is 0 Å². The van der Waals surface area contributed by atoms with Crippen molar-refractivity contribution < 1.29 is 0 Å². The van der Waals surface area contributed by atoms with Crippen LogP contribution in [-0.4, -0.2) is 20.0 Å². The van der Waals surface area contributed by atoms with Gasteiger partial charge in [0.2, 0.25) is 0 Å². The molecule has 0 aliphatic rings. The molecule has 0 aromatic carbocycles. The van der Waals surface area contributed by atoms with Gasteiger partial charge in [-0.05, 0) is 11.6 Å². The minimum absolute atomic E-state index is 0.717. The number of hydrogen-bond donors (Lipinski definition) is 0. The monoisotopic (exact) mass is 252 g/mol. The van der Waals surface area contributed by atoms with Crippen molar-refractivity contribution in [3.63, 3.8) is 0 Å². The first-order valence-corrected chi connectivity index (χ1v) is 5.34. The zero-order valence-corrected chi connectivity index (χ0v) is 9.05. The molecule has 2 heterocycles. The third-order valence-electron chi connectivity index (χ3n) is 1.89. The average Bonchev–Trinajstić information content (AvgIpc) is 2.67. The van der Waals surface area contributed by atoms with Gasteiger partial charge in [-0.15, -0.1) is 5.10 Å². The lowest BCUT2D eigenvalue weighted by molar-refractivity contribution is 0.630. The molecule has 5 heteroatoms. The molecular weight excluding hydrogens is 244 g/mol. The third kappa shape index (κ3) is 1.98. The standard InChI is InChI=1S/C9H9BrN4/c10-4-9-6-12-13-14(9)7-8-2-1-3-11-5-8/h1-3,5-6H,4,7H2. The quantitative estimate of drug-likeness (QED) is 0.780. The molecule has 0 unspecified atom stereocenters. The Hall–Kier alpha value is -1.23. The predicted octanol–water partition coefficient (Wildman–Crippen LogP) is 1.62. The molecule has 0 N–H and O–H groups in total. The van der Waals surface area contributed by atoms with Crippen LogP contribution in [-0.2, 0) is 11.9 Å². The Morgan fingerprint density at radius 1 is 1.36 bits per heavy atom. The van der Waals surface area contributed by atoms with Gasteiger partial charge in [0.15, 0.2) is 0 Å². The first-order valence-electron chi connectivity index (χ1n) is 4.22. The van der Waals surface area contributed by atoms with Gasteiger partial charge in [0.05, 0.1) is 18.4 Å². The highest BCUT2D eigenvalue weighted by Crippen LogP contribution is 2.05. The van der Waals surface area contributed by atoms with Gasteiger partial charge < -0.3 is 0 Å². The van der Waals surface area contributed by atoms with E-state index in [-0.39, 0.29) is 0 Å². The lowest BCUT2D eigenvalue weighted by Gasteiger charge is -2.02. The summed E-state index contributed by atoms with van der Waals surface area (Å²) in [5, 5.41) is 8.61. The molecule has 0 bridgehead atoms. The Bertz CT molecular complexity index is 398. The van der Waals surface area contributed by atoms with Crippen LogP contribution in [0.15, 0.2) is 30.7 Å². The van der Waals surface area contributed by atoms with Crippen LogP contribution in [0.3, 0.4) is 0 Å². The van der Waals surface area contributed by atoms with E-state index in [2.05, 4.69) is 31.2 Å². The molecule has 2 rings (SSSR count). The van der Waals surface area contributed by atoms with Gasteiger partial charge in [0, 0.05) is 17.7 Å². The Morgan fingerprint density at radius 3 is 3.00 bits per heavy atom. The molecule has 2 aromatic heterocycles. The van der Waals surface area contributed by atoms with Gasteiger partial charge in [-0.25, -0.2) is 4.68 Å². The fourth-order valence-electron chi connectivity index (χ4n) is 1.18. The molecule has 0 amide bonds. The molecule has 0 atom stereocenters. The fraction of sp³-hybridized carbons (Fsp3) is 0.222. The van der Waals surface area contributed by atoms with Crippen LogP contribution in [0.5, 0.6) is 0 Å². The number of alkyl halides is 1. The SMILES string of the molecule is BrCc1cnnn1Cc1cccnc1. The average molecular weight is 253 g/mol. The van der Waals surface area contributed by atoms with Crippen LogP contribution < -0.4 is 0 Å². The van der Waals surface area contributed by atoms with Gasteiger partial charge in [-0.3, -0.25) is 4.98 Å². The molecule has 72 valence electrons. The maximum absolute atomic E-state index is 4.05. The minimum atomic E-state index is 0.717. The lowest BCUT2D eigenvalue weighted by Crippen LogP contribution is -2.05. The van der Waals surface area contributed by atoms with Crippen LogP contribution in [0.2, 0.25) is 0 Å². The van der Waals surface area contributed by atoms with Crippen molar-refractivity contribution in [3.05, 3.63) is 42.0 Å². The summed E-state index contributed by atoms with van der Waals surface area (Å²) in [6.45, 7) is 0.717. The van der Waals surface area contributed by atoms with Crippen molar-refractivity contribution in [1.82, 2.24) is 20.0 Å². The van der Waals surface area contributed by atoms with Crippen molar-refractivity contribution in [2.45, 2.75) is 11.9 Å². The summed E-state index contributed by atoms with van der Waals surface area (Å²) in [5.41, 5.74) is 2.19. The summed E-state index contributed by atoms with van der Waals surface area (Å²) in [6, 6.07) is 3.94. The van der Waals surface area contributed by atoms with Crippen molar-refractivity contribution in [3.8, 4) is 0 Å². The van der Waals surface area contributed by atoms with Crippen LogP contribution in [0.1, 0.15) is 11.3 Å². The number of aromatic nitrogens is 4. The second kappa shape index (κ2) is 4.32. The van der Waals surface area contributed by atoms with E-state index in [1.807, 2.05) is 23.0 Å². The Morgan fingerprint density at radius 2 is 2.29 bits per heavy atom. The lowest BCUT2D eigenvalue weighted by atomic mass is 10.3. The van der Waals surface area contributed by atoms with E-state index >= 15 is 0 Å².